The largest absolute Gasteiger partial charge is 0.399 e. The zero-order valence-electron chi connectivity index (χ0n) is 13.0. The summed E-state index contributed by atoms with van der Waals surface area (Å²) >= 11 is 0. The Morgan fingerprint density at radius 3 is 2.22 bits per heavy atom. The average molecular weight is 326 g/mol. The van der Waals surface area contributed by atoms with Crippen LogP contribution >= 0.6 is 0 Å². The molecule has 0 aromatic heterocycles. The van der Waals surface area contributed by atoms with E-state index in [4.69, 9.17) is 5.73 Å². The Bertz CT molecular complexity index is 979. The maximum atomic E-state index is 13.0. The van der Waals surface area contributed by atoms with Gasteiger partial charge in [0.2, 0.25) is 9.84 Å². The molecule has 5 heteroatoms. The zero-order chi connectivity index (χ0) is 16.6. The van der Waals surface area contributed by atoms with Crippen molar-refractivity contribution >= 4 is 32.0 Å². The lowest BCUT2D eigenvalue weighted by molar-refractivity contribution is 0.597. The molecule has 118 valence electrons. The van der Waals surface area contributed by atoms with Crippen molar-refractivity contribution in [2.75, 3.05) is 24.7 Å². The van der Waals surface area contributed by atoms with E-state index in [2.05, 4.69) is 0 Å². The van der Waals surface area contributed by atoms with Crippen molar-refractivity contribution in [3.63, 3.8) is 0 Å². The van der Waals surface area contributed by atoms with Crippen LogP contribution in [0, 0.1) is 0 Å². The van der Waals surface area contributed by atoms with Crippen molar-refractivity contribution in [1.29, 1.82) is 0 Å². The van der Waals surface area contributed by atoms with Crippen molar-refractivity contribution in [2.45, 2.75) is 9.79 Å². The standard InChI is InChI=1S/C18H18N2O2S/c1-20(2)17-10-4-9-16-15(17)8-5-11-18(16)23(21,22)14-7-3-6-13(19)12-14/h3-12H,19H2,1-2H3. The highest BCUT2D eigenvalue weighted by molar-refractivity contribution is 7.91. The van der Waals surface area contributed by atoms with Crippen LogP contribution in [0.1, 0.15) is 0 Å². The quantitative estimate of drug-likeness (QED) is 0.750. The Morgan fingerprint density at radius 1 is 0.870 bits per heavy atom. The van der Waals surface area contributed by atoms with Gasteiger partial charge in [0.1, 0.15) is 0 Å². The van der Waals surface area contributed by atoms with E-state index in [1.807, 2.05) is 43.3 Å². The molecule has 3 aromatic carbocycles. The summed E-state index contributed by atoms with van der Waals surface area (Å²) in [4.78, 5) is 2.48. The number of rotatable bonds is 3. The monoisotopic (exact) mass is 326 g/mol. The molecule has 0 spiro atoms. The van der Waals surface area contributed by atoms with Crippen molar-refractivity contribution in [1.82, 2.24) is 0 Å². The molecule has 0 radical (unpaired) electrons. The van der Waals surface area contributed by atoms with Crippen LogP contribution in [0.4, 0.5) is 11.4 Å². The molecule has 0 saturated carbocycles. The van der Waals surface area contributed by atoms with Gasteiger partial charge >= 0.3 is 0 Å². The molecule has 0 aliphatic heterocycles. The number of hydrogen-bond acceptors (Lipinski definition) is 4. The second kappa shape index (κ2) is 5.59. The van der Waals surface area contributed by atoms with E-state index < -0.39 is 9.84 Å². The summed E-state index contributed by atoms with van der Waals surface area (Å²) in [5.74, 6) is 0. The first-order valence-corrected chi connectivity index (χ1v) is 8.69. The van der Waals surface area contributed by atoms with Crippen LogP contribution in [0.25, 0.3) is 10.8 Å². The minimum absolute atomic E-state index is 0.209. The molecule has 0 atom stereocenters. The fraction of sp³-hybridized carbons (Fsp3) is 0.111. The van der Waals surface area contributed by atoms with Gasteiger partial charge < -0.3 is 10.6 Å². The molecule has 0 unspecified atom stereocenters. The SMILES string of the molecule is CN(C)c1cccc2c(S(=O)(=O)c3cccc(N)c3)cccc12. The van der Waals surface area contributed by atoms with Gasteiger partial charge in [0.05, 0.1) is 9.79 Å². The normalized spacial score (nSPS) is 11.6. The lowest BCUT2D eigenvalue weighted by atomic mass is 10.1. The van der Waals surface area contributed by atoms with E-state index >= 15 is 0 Å². The second-order valence-corrected chi connectivity index (χ2v) is 7.52. The Labute approximate surface area is 136 Å². The summed E-state index contributed by atoms with van der Waals surface area (Å²) in [6.45, 7) is 0. The molecule has 0 heterocycles. The van der Waals surface area contributed by atoms with E-state index in [9.17, 15) is 8.42 Å². The van der Waals surface area contributed by atoms with Crippen molar-refractivity contribution < 1.29 is 8.42 Å². The highest BCUT2D eigenvalue weighted by Gasteiger charge is 2.21. The molecular formula is C18H18N2O2S. The maximum absolute atomic E-state index is 13.0. The molecule has 23 heavy (non-hydrogen) atoms. The maximum Gasteiger partial charge on any atom is 0.207 e. The van der Waals surface area contributed by atoms with Crippen molar-refractivity contribution in [2.24, 2.45) is 0 Å². The molecule has 3 rings (SSSR count). The van der Waals surface area contributed by atoms with Gasteiger partial charge in [-0.3, -0.25) is 0 Å². The Hall–Kier alpha value is -2.53. The van der Waals surface area contributed by atoms with Crippen LogP contribution in [0.3, 0.4) is 0 Å². The van der Waals surface area contributed by atoms with Gasteiger partial charge in [-0.2, -0.15) is 0 Å². The van der Waals surface area contributed by atoms with Gasteiger partial charge in [0.25, 0.3) is 0 Å². The predicted molar refractivity (Wildman–Crippen MR) is 94.6 cm³/mol. The molecule has 0 aliphatic carbocycles. The molecule has 0 amide bonds. The Morgan fingerprint density at radius 2 is 1.52 bits per heavy atom. The van der Waals surface area contributed by atoms with E-state index in [1.54, 1.807) is 30.3 Å². The highest BCUT2D eigenvalue weighted by Crippen LogP contribution is 2.33. The van der Waals surface area contributed by atoms with E-state index in [0.717, 1.165) is 11.1 Å². The number of benzene rings is 3. The van der Waals surface area contributed by atoms with Gasteiger partial charge in [0, 0.05) is 36.2 Å². The summed E-state index contributed by atoms with van der Waals surface area (Å²) in [5, 5.41) is 1.61. The minimum atomic E-state index is -3.63. The summed E-state index contributed by atoms with van der Waals surface area (Å²) in [6.07, 6.45) is 0. The van der Waals surface area contributed by atoms with E-state index in [-0.39, 0.29) is 4.90 Å². The minimum Gasteiger partial charge on any atom is -0.399 e. The van der Waals surface area contributed by atoms with Gasteiger partial charge in [-0.05, 0) is 30.3 Å². The number of nitrogens with two attached hydrogens (primary N) is 1. The molecule has 0 saturated heterocycles. The molecule has 0 fully saturated rings. The number of nitrogen functional groups attached to an aromatic ring is 1. The lowest BCUT2D eigenvalue weighted by Gasteiger charge is -2.17. The number of fused-ring (bicyclic) bond motifs is 1. The predicted octanol–water partition coefficient (Wildman–Crippen LogP) is 3.32. The molecular weight excluding hydrogens is 308 g/mol. The number of hydrogen-bond donors (Lipinski definition) is 1. The first-order valence-electron chi connectivity index (χ1n) is 7.21. The summed E-state index contributed by atoms with van der Waals surface area (Å²) in [5.41, 5.74) is 7.15. The van der Waals surface area contributed by atoms with Crippen LogP contribution < -0.4 is 10.6 Å². The third-order valence-electron chi connectivity index (χ3n) is 3.80. The van der Waals surface area contributed by atoms with E-state index in [1.165, 1.54) is 6.07 Å². The van der Waals surface area contributed by atoms with Crippen LogP contribution in [-0.2, 0) is 9.84 Å². The second-order valence-electron chi connectivity index (χ2n) is 5.60. The lowest BCUT2D eigenvalue weighted by Crippen LogP contribution is -2.09. The van der Waals surface area contributed by atoms with E-state index in [0.29, 0.717) is 16.0 Å². The van der Waals surface area contributed by atoms with Gasteiger partial charge in [-0.25, -0.2) is 8.42 Å². The number of anilines is 2. The summed E-state index contributed by atoms with van der Waals surface area (Å²) in [7, 11) is 0.248. The van der Waals surface area contributed by atoms with Crippen LogP contribution in [0.2, 0.25) is 0 Å². The third-order valence-corrected chi connectivity index (χ3v) is 5.61. The number of sulfone groups is 1. The van der Waals surface area contributed by atoms with Crippen molar-refractivity contribution in [3.05, 3.63) is 60.7 Å². The van der Waals surface area contributed by atoms with Crippen LogP contribution in [-0.4, -0.2) is 22.5 Å². The van der Waals surface area contributed by atoms with Crippen molar-refractivity contribution in [3.8, 4) is 0 Å². The number of nitrogens with zero attached hydrogens (tertiary/aromatic N) is 1. The smallest absolute Gasteiger partial charge is 0.207 e. The van der Waals surface area contributed by atoms with Gasteiger partial charge in [0.15, 0.2) is 0 Å². The first-order chi connectivity index (χ1) is 10.9. The fourth-order valence-electron chi connectivity index (χ4n) is 2.70. The molecule has 3 aromatic rings. The summed E-state index contributed by atoms with van der Waals surface area (Å²) in [6, 6.07) is 17.4. The van der Waals surface area contributed by atoms with Crippen LogP contribution in [0.15, 0.2) is 70.5 Å². The Kier molecular flexibility index (Phi) is 3.74. The average Bonchev–Trinajstić information content (AvgIpc) is 2.53. The molecule has 0 bridgehead atoms. The molecule has 4 nitrogen and oxygen atoms in total. The Balaban J connectivity index is 2.30. The van der Waals surface area contributed by atoms with Crippen LogP contribution in [0.5, 0.6) is 0 Å². The highest BCUT2D eigenvalue weighted by atomic mass is 32.2. The van der Waals surface area contributed by atoms with Gasteiger partial charge in [-0.15, -0.1) is 0 Å². The first kappa shape index (κ1) is 15.4. The zero-order valence-corrected chi connectivity index (χ0v) is 13.8. The summed E-state index contributed by atoms with van der Waals surface area (Å²) < 4.78 is 26.0. The molecule has 0 aliphatic rings. The topological polar surface area (TPSA) is 63.4 Å². The fourth-order valence-corrected chi connectivity index (χ4v) is 4.23. The third kappa shape index (κ3) is 2.64. The molecule has 2 N–H and O–H groups in total. The van der Waals surface area contributed by atoms with Gasteiger partial charge in [-0.1, -0.05) is 30.3 Å².